The molecule has 3 heteroatoms. The van der Waals surface area contributed by atoms with Crippen LogP contribution in [0.2, 0.25) is 0 Å². The summed E-state index contributed by atoms with van der Waals surface area (Å²) in [5.41, 5.74) is 3.15. The minimum atomic E-state index is 0.769. The van der Waals surface area contributed by atoms with Gasteiger partial charge in [0.25, 0.3) is 0 Å². The Balaban J connectivity index is 1.93. The zero-order valence-corrected chi connectivity index (χ0v) is 11.8. The Morgan fingerprint density at radius 3 is 2.85 bits per heavy atom. The maximum atomic E-state index is 5.86. The van der Waals surface area contributed by atoms with Crippen LogP contribution in [0.4, 0.5) is 0 Å². The minimum Gasteiger partial charge on any atom is -0.460 e. The van der Waals surface area contributed by atoms with Crippen LogP contribution in [0, 0.1) is 6.92 Å². The Morgan fingerprint density at radius 1 is 1.10 bits per heavy atom. The molecule has 0 aliphatic carbocycles. The smallest absolute Gasteiger partial charge is 0.134 e. The molecule has 0 atom stereocenters. The molecule has 3 aromatic rings. The average Bonchev–Trinajstić information content (AvgIpc) is 2.93. The van der Waals surface area contributed by atoms with Gasteiger partial charge < -0.3 is 9.73 Å². The molecule has 0 amide bonds. The zero-order chi connectivity index (χ0) is 13.9. The van der Waals surface area contributed by atoms with Crippen molar-refractivity contribution in [3.8, 4) is 11.3 Å². The number of furan rings is 1. The van der Waals surface area contributed by atoms with Gasteiger partial charge in [0.1, 0.15) is 11.5 Å². The number of fused-ring (bicyclic) bond motifs is 1. The van der Waals surface area contributed by atoms with Crippen LogP contribution >= 0.6 is 0 Å². The van der Waals surface area contributed by atoms with Gasteiger partial charge in [-0.25, -0.2) is 0 Å². The lowest BCUT2D eigenvalue weighted by Gasteiger charge is -2.02. The highest BCUT2D eigenvalue weighted by molar-refractivity contribution is 5.83. The summed E-state index contributed by atoms with van der Waals surface area (Å²) in [4.78, 5) is 4.52. The summed E-state index contributed by atoms with van der Waals surface area (Å²) in [6.45, 7) is 5.80. The van der Waals surface area contributed by atoms with Crippen molar-refractivity contribution in [2.45, 2.75) is 20.4 Å². The van der Waals surface area contributed by atoms with Crippen molar-refractivity contribution in [1.29, 1.82) is 0 Å². The number of nitrogens with zero attached hydrogens (tertiary/aromatic N) is 1. The first kappa shape index (κ1) is 12.9. The second-order valence-electron chi connectivity index (χ2n) is 4.91. The van der Waals surface area contributed by atoms with Gasteiger partial charge in [0.15, 0.2) is 0 Å². The van der Waals surface area contributed by atoms with Crippen LogP contribution in [0.1, 0.15) is 18.4 Å². The zero-order valence-electron chi connectivity index (χ0n) is 11.8. The molecular weight excluding hydrogens is 248 g/mol. The number of aromatic nitrogens is 1. The lowest BCUT2D eigenvalue weighted by atomic mass is 10.1. The standard InChI is InChI=1S/C17H18N2O/c1-3-18-11-15-7-9-17(20-15)14-6-8-16-13(10-14)5-4-12(2)19-16/h4-10,18H,3,11H2,1-2H3. The van der Waals surface area contributed by atoms with E-state index >= 15 is 0 Å². The molecule has 2 aromatic heterocycles. The van der Waals surface area contributed by atoms with Gasteiger partial charge >= 0.3 is 0 Å². The predicted octanol–water partition coefficient (Wildman–Crippen LogP) is 3.91. The third-order valence-corrected chi connectivity index (χ3v) is 3.32. The molecule has 0 aliphatic heterocycles. The van der Waals surface area contributed by atoms with Gasteiger partial charge in [0.05, 0.1) is 12.1 Å². The molecule has 2 heterocycles. The van der Waals surface area contributed by atoms with E-state index in [4.69, 9.17) is 4.42 Å². The summed E-state index contributed by atoms with van der Waals surface area (Å²) in [6, 6.07) is 14.4. The third kappa shape index (κ3) is 2.58. The minimum absolute atomic E-state index is 0.769. The van der Waals surface area contributed by atoms with Crippen LogP contribution in [0.3, 0.4) is 0 Å². The van der Waals surface area contributed by atoms with Gasteiger partial charge in [-0.3, -0.25) is 4.98 Å². The molecule has 0 unspecified atom stereocenters. The Morgan fingerprint density at radius 2 is 2.00 bits per heavy atom. The van der Waals surface area contributed by atoms with E-state index in [0.717, 1.165) is 46.8 Å². The van der Waals surface area contributed by atoms with Crippen LogP contribution in [-0.2, 0) is 6.54 Å². The molecule has 3 rings (SSSR count). The molecule has 0 fully saturated rings. The Hall–Kier alpha value is -2.13. The highest BCUT2D eigenvalue weighted by Crippen LogP contribution is 2.25. The molecule has 3 nitrogen and oxygen atoms in total. The van der Waals surface area contributed by atoms with Gasteiger partial charge in [-0.2, -0.15) is 0 Å². The molecule has 0 bridgehead atoms. The number of hydrogen-bond acceptors (Lipinski definition) is 3. The van der Waals surface area contributed by atoms with Crippen molar-refractivity contribution in [3.63, 3.8) is 0 Å². The first-order valence-electron chi connectivity index (χ1n) is 6.93. The molecule has 0 radical (unpaired) electrons. The van der Waals surface area contributed by atoms with Gasteiger partial charge in [-0.05, 0) is 49.9 Å². The van der Waals surface area contributed by atoms with E-state index in [-0.39, 0.29) is 0 Å². The maximum Gasteiger partial charge on any atom is 0.134 e. The topological polar surface area (TPSA) is 38.1 Å². The van der Waals surface area contributed by atoms with Gasteiger partial charge in [0.2, 0.25) is 0 Å². The fourth-order valence-corrected chi connectivity index (χ4v) is 2.26. The number of hydrogen-bond donors (Lipinski definition) is 1. The van der Waals surface area contributed by atoms with Gasteiger partial charge in [-0.15, -0.1) is 0 Å². The average molecular weight is 266 g/mol. The van der Waals surface area contributed by atoms with E-state index in [9.17, 15) is 0 Å². The number of nitrogens with one attached hydrogen (secondary N) is 1. The number of benzene rings is 1. The van der Waals surface area contributed by atoms with E-state index in [0.29, 0.717) is 0 Å². The number of rotatable bonds is 4. The van der Waals surface area contributed by atoms with Crippen LogP contribution < -0.4 is 5.32 Å². The molecule has 20 heavy (non-hydrogen) atoms. The highest BCUT2D eigenvalue weighted by Gasteiger charge is 2.06. The monoisotopic (exact) mass is 266 g/mol. The maximum absolute atomic E-state index is 5.86. The summed E-state index contributed by atoms with van der Waals surface area (Å²) in [5, 5.41) is 4.40. The van der Waals surface area contributed by atoms with Crippen LogP contribution in [-0.4, -0.2) is 11.5 Å². The summed E-state index contributed by atoms with van der Waals surface area (Å²) >= 11 is 0. The quantitative estimate of drug-likeness (QED) is 0.778. The molecule has 0 spiro atoms. The third-order valence-electron chi connectivity index (χ3n) is 3.32. The summed E-state index contributed by atoms with van der Waals surface area (Å²) in [5.74, 6) is 1.87. The van der Waals surface area contributed by atoms with Crippen molar-refractivity contribution in [2.24, 2.45) is 0 Å². The second kappa shape index (κ2) is 5.47. The Kier molecular flexibility index (Phi) is 3.52. The van der Waals surface area contributed by atoms with Crippen molar-refractivity contribution >= 4 is 10.9 Å². The summed E-state index contributed by atoms with van der Waals surface area (Å²) in [6.07, 6.45) is 0. The first-order valence-corrected chi connectivity index (χ1v) is 6.93. The van der Waals surface area contributed by atoms with Gasteiger partial charge in [0, 0.05) is 16.6 Å². The molecule has 0 saturated heterocycles. The van der Waals surface area contributed by atoms with Crippen molar-refractivity contribution in [3.05, 3.63) is 53.9 Å². The molecule has 0 saturated carbocycles. The molecule has 1 aromatic carbocycles. The Bertz CT molecular complexity index is 731. The molecule has 102 valence electrons. The van der Waals surface area contributed by atoms with E-state index in [1.807, 2.05) is 31.2 Å². The number of pyridine rings is 1. The van der Waals surface area contributed by atoms with E-state index in [1.54, 1.807) is 0 Å². The molecule has 0 aliphatic rings. The molecule has 1 N–H and O–H groups in total. The fourth-order valence-electron chi connectivity index (χ4n) is 2.26. The largest absolute Gasteiger partial charge is 0.460 e. The van der Waals surface area contributed by atoms with Crippen LogP contribution in [0.25, 0.3) is 22.2 Å². The molecular formula is C17H18N2O. The van der Waals surface area contributed by atoms with E-state index < -0.39 is 0 Å². The normalized spacial score (nSPS) is 11.1. The van der Waals surface area contributed by atoms with Crippen molar-refractivity contribution in [2.75, 3.05) is 6.54 Å². The lowest BCUT2D eigenvalue weighted by molar-refractivity contribution is 0.498. The van der Waals surface area contributed by atoms with E-state index in [1.165, 1.54) is 0 Å². The second-order valence-corrected chi connectivity index (χ2v) is 4.91. The SMILES string of the molecule is CCNCc1ccc(-c2ccc3nc(C)ccc3c2)o1. The fraction of sp³-hybridized carbons (Fsp3) is 0.235. The lowest BCUT2D eigenvalue weighted by Crippen LogP contribution is -2.10. The number of aryl methyl sites for hydroxylation is 1. The Labute approximate surface area is 118 Å². The van der Waals surface area contributed by atoms with Crippen molar-refractivity contribution < 1.29 is 4.42 Å². The first-order chi connectivity index (χ1) is 9.76. The highest BCUT2D eigenvalue weighted by atomic mass is 16.3. The van der Waals surface area contributed by atoms with Crippen LogP contribution in [0.5, 0.6) is 0 Å². The summed E-state index contributed by atoms with van der Waals surface area (Å²) < 4.78 is 5.86. The predicted molar refractivity (Wildman–Crippen MR) is 81.6 cm³/mol. The summed E-state index contributed by atoms with van der Waals surface area (Å²) in [7, 11) is 0. The van der Waals surface area contributed by atoms with E-state index in [2.05, 4.69) is 35.4 Å². The van der Waals surface area contributed by atoms with Crippen LogP contribution in [0.15, 0.2) is 46.9 Å². The van der Waals surface area contributed by atoms with Crippen molar-refractivity contribution in [1.82, 2.24) is 10.3 Å². The van der Waals surface area contributed by atoms with Gasteiger partial charge in [-0.1, -0.05) is 13.0 Å².